The first-order chi connectivity index (χ1) is 4.74. The van der Waals surface area contributed by atoms with Gasteiger partial charge in [-0.15, -0.1) is 0 Å². The van der Waals surface area contributed by atoms with Crippen LogP contribution in [0.25, 0.3) is 0 Å². The third-order valence-electron chi connectivity index (χ3n) is 1.40. The second-order valence-electron chi connectivity index (χ2n) is 2.32. The normalized spacial score (nSPS) is 13.5. The molecule has 0 aromatic carbocycles. The predicted molar refractivity (Wildman–Crippen MR) is 38.5 cm³/mol. The van der Waals surface area contributed by atoms with E-state index in [1.807, 2.05) is 13.8 Å². The fraction of sp³-hybridized carbons (Fsp3) is 0.571. The SMILES string of the molecule is CCC(N)c1ncc(C)o1. The zero-order chi connectivity index (χ0) is 7.56. The smallest absolute Gasteiger partial charge is 0.211 e. The molecule has 0 radical (unpaired) electrons. The van der Waals surface area contributed by atoms with E-state index in [0.717, 1.165) is 12.2 Å². The highest BCUT2D eigenvalue weighted by Crippen LogP contribution is 2.12. The van der Waals surface area contributed by atoms with Crippen LogP contribution in [-0.2, 0) is 0 Å². The molecule has 0 fully saturated rings. The quantitative estimate of drug-likeness (QED) is 0.675. The van der Waals surface area contributed by atoms with Crippen LogP contribution in [0.2, 0.25) is 0 Å². The lowest BCUT2D eigenvalue weighted by atomic mass is 10.2. The zero-order valence-corrected chi connectivity index (χ0v) is 6.29. The molecule has 0 amide bonds. The number of aryl methyl sites for hydroxylation is 1. The molecule has 0 aliphatic heterocycles. The van der Waals surface area contributed by atoms with Gasteiger partial charge in [-0.2, -0.15) is 0 Å². The predicted octanol–water partition coefficient (Wildman–Crippen LogP) is 1.39. The average Bonchev–Trinajstić information content (AvgIpc) is 2.34. The molecule has 3 heteroatoms. The van der Waals surface area contributed by atoms with Crippen molar-refractivity contribution < 1.29 is 4.42 Å². The summed E-state index contributed by atoms with van der Waals surface area (Å²) in [6, 6.07) is -0.0475. The van der Waals surface area contributed by atoms with Crippen molar-refractivity contribution >= 4 is 0 Å². The van der Waals surface area contributed by atoms with Crippen molar-refractivity contribution in [2.45, 2.75) is 26.3 Å². The van der Waals surface area contributed by atoms with Crippen molar-refractivity contribution in [1.29, 1.82) is 0 Å². The number of hydrogen-bond donors (Lipinski definition) is 1. The van der Waals surface area contributed by atoms with Crippen LogP contribution in [0.4, 0.5) is 0 Å². The third-order valence-corrected chi connectivity index (χ3v) is 1.40. The zero-order valence-electron chi connectivity index (χ0n) is 6.29. The maximum absolute atomic E-state index is 5.65. The molecule has 1 aromatic heterocycles. The first-order valence-corrected chi connectivity index (χ1v) is 3.42. The van der Waals surface area contributed by atoms with Gasteiger partial charge in [0, 0.05) is 0 Å². The molecule has 1 heterocycles. The molecule has 2 N–H and O–H groups in total. The van der Waals surface area contributed by atoms with Gasteiger partial charge in [-0.05, 0) is 13.3 Å². The van der Waals surface area contributed by atoms with Gasteiger partial charge in [-0.1, -0.05) is 6.92 Å². The van der Waals surface area contributed by atoms with E-state index in [9.17, 15) is 0 Å². The summed E-state index contributed by atoms with van der Waals surface area (Å²) in [7, 11) is 0. The standard InChI is InChI=1S/C7H12N2O/c1-3-6(8)7-9-4-5(2)10-7/h4,6H,3,8H2,1-2H3. The van der Waals surface area contributed by atoms with Crippen LogP contribution in [-0.4, -0.2) is 4.98 Å². The van der Waals surface area contributed by atoms with E-state index in [4.69, 9.17) is 10.2 Å². The topological polar surface area (TPSA) is 52.0 Å². The van der Waals surface area contributed by atoms with Gasteiger partial charge in [-0.3, -0.25) is 0 Å². The van der Waals surface area contributed by atoms with Crippen LogP contribution in [0.5, 0.6) is 0 Å². The summed E-state index contributed by atoms with van der Waals surface area (Å²) in [5, 5.41) is 0. The van der Waals surface area contributed by atoms with Gasteiger partial charge >= 0.3 is 0 Å². The second kappa shape index (κ2) is 2.84. The summed E-state index contributed by atoms with van der Waals surface area (Å²) >= 11 is 0. The Morgan fingerprint density at radius 2 is 2.50 bits per heavy atom. The Morgan fingerprint density at radius 3 is 2.90 bits per heavy atom. The average molecular weight is 140 g/mol. The fourth-order valence-corrected chi connectivity index (χ4v) is 0.718. The lowest BCUT2D eigenvalue weighted by molar-refractivity contribution is 0.427. The molecule has 0 saturated heterocycles. The molecule has 0 aliphatic rings. The van der Waals surface area contributed by atoms with Crippen molar-refractivity contribution in [2.75, 3.05) is 0 Å². The Morgan fingerprint density at radius 1 is 1.80 bits per heavy atom. The first-order valence-electron chi connectivity index (χ1n) is 3.42. The van der Waals surface area contributed by atoms with E-state index in [2.05, 4.69) is 4.98 Å². The Labute approximate surface area is 60.2 Å². The molecule has 1 atom stereocenters. The summed E-state index contributed by atoms with van der Waals surface area (Å²) in [5.41, 5.74) is 5.65. The molecular weight excluding hydrogens is 128 g/mol. The van der Waals surface area contributed by atoms with Gasteiger partial charge in [0.1, 0.15) is 5.76 Å². The van der Waals surface area contributed by atoms with Gasteiger partial charge < -0.3 is 10.2 Å². The molecule has 1 aromatic rings. The number of rotatable bonds is 2. The largest absolute Gasteiger partial charge is 0.444 e. The van der Waals surface area contributed by atoms with Crippen LogP contribution in [0.15, 0.2) is 10.6 Å². The van der Waals surface area contributed by atoms with E-state index < -0.39 is 0 Å². The van der Waals surface area contributed by atoms with Gasteiger partial charge in [-0.25, -0.2) is 4.98 Å². The van der Waals surface area contributed by atoms with Gasteiger partial charge in [0.15, 0.2) is 0 Å². The van der Waals surface area contributed by atoms with Gasteiger partial charge in [0.05, 0.1) is 12.2 Å². The lowest BCUT2D eigenvalue weighted by Crippen LogP contribution is -2.08. The van der Waals surface area contributed by atoms with Crippen LogP contribution < -0.4 is 5.73 Å². The molecule has 0 saturated carbocycles. The molecule has 3 nitrogen and oxygen atoms in total. The summed E-state index contributed by atoms with van der Waals surface area (Å²) in [4.78, 5) is 3.99. The van der Waals surface area contributed by atoms with E-state index in [1.54, 1.807) is 6.20 Å². The highest BCUT2D eigenvalue weighted by molar-refractivity contribution is 4.94. The number of nitrogens with two attached hydrogens (primary N) is 1. The Bertz CT molecular complexity index is 207. The maximum atomic E-state index is 5.65. The molecule has 56 valence electrons. The van der Waals surface area contributed by atoms with Gasteiger partial charge in [0.25, 0.3) is 0 Å². The summed E-state index contributed by atoms with van der Waals surface area (Å²) in [6.07, 6.45) is 2.55. The van der Waals surface area contributed by atoms with E-state index in [-0.39, 0.29) is 6.04 Å². The van der Waals surface area contributed by atoms with Crippen LogP contribution >= 0.6 is 0 Å². The highest BCUT2D eigenvalue weighted by Gasteiger charge is 2.07. The summed E-state index contributed by atoms with van der Waals surface area (Å²) < 4.78 is 5.20. The van der Waals surface area contributed by atoms with E-state index in [0.29, 0.717) is 5.89 Å². The maximum Gasteiger partial charge on any atom is 0.211 e. The van der Waals surface area contributed by atoms with Crippen LogP contribution in [0.3, 0.4) is 0 Å². The first kappa shape index (κ1) is 7.28. The fourth-order valence-electron chi connectivity index (χ4n) is 0.718. The minimum Gasteiger partial charge on any atom is -0.444 e. The van der Waals surface area contributed by atoms with Crippen molar-refractivity contribution in [1.82, 2.24) is 4.98 Å². The lowest BCUT2D eigenvalue weighted by Gasteiger charge is -2.00. The number of hydrogen-bond acceptors (Lipinski definition) is 3. The summed E-state index contributed by atoms with van der Waals surface area (Å²) in [5.74, 6) is 1.46. The van der Waals surface area contributed by atoms with Crippen LogP contribution in [0.1, 0.15) is 31.0 Å². The van der Waals surface area contributed by atoms with Crippen LogP contribution in [0, 0.1) is 6.92 Å². The monoisotopic (exact) mass is 140 g/mol. The Hall–Kier alpha value is -0.830. The molecule has 10 heavy (non-hydrogen) atoms. The number of aromatic nitrogens is 1. The molecule has 0 bridgehead atoms. The second-order valence-corrected chi connectivity index (χ2v) is 2.32. The molecule has 0 aliphatic carbocycles. The molecule has 0 spiro atoms. The molecule has 1 unspecified atom stereocenters. The number of oxazole rings is 1. The van der Waals surface area contributed by atoms with E-state index in [1.165, 1.54) is 0 Å². The van der Waals surface area contributed by atoms with Crippen molar-refractivity contribution in [3.63, 3.8) is 0 Å². The van der Waals surface area contributed by atoms with E-state index >= 15 is 0 Å². The Kier molecular flexibility index (Phi) is 2.06. The Balaban J connectivity index is 2.74. The van der Waals surface area contributed by atoms with Crippen molar-refractivity contribution in [3.05, 3.63) is 17.8 Å². The third kappa shape index (κ3) is 1.36. The summed E-state index contributed by atoms with van der Waals surface area (Å²) in [6.45, 7) is 3.86. The molecular formula is C7H12N2O. The van der Waals surface area contributed by atoms with Crippen molar-refractivity contribution in [3.8, 4) is 0 Å². The van der Waals surface area contributed by atoms with Gasteiger partial charge in [0.2, 0.25) is 5.89 Å². The number of nitrogens with zero attached hydrogens (tertiary/aromatic N) is 1. The van der Waals surface area contributed by atoms with Crippen molar-refractivity contribution in [2.24, 2.45) is 5.73 Å². The molecule has 1 rings (SSSR count). The highest BCUT2D eigenvalue weighted by atomic mass is 16.4. The minimum atomic E-state index is -0.0475. The minimum absolute atomic E-state index is 0.0475.